The summed E-state index contributed by atoms with van der Waals surface area (Å²) in [5.41, 5.74) is 0.705. The van der Waals surface area contributed by atoms with Crippen LogP contribution in [0.25, 0.3) is 16.6 Å². The van der Waals surface area contributed by atoms with Crippen LogP contribution in [0.2, 0.25) is 5.02 Å². The Balaban J connectivity index is 1.79. The second-order valence-electron chi connectivity index (χ2n) is 8.21. The van der Waals surface area contributed by atoms with Gasteiger partial charge in [0.1, 0.15) is 23.1 Å². The van der Waals surface area contributed by atoms with E-state index in [1.54, 1.807) is 68.6 Å². The number of aromatic nitrogens is 2. The normalized spacial score (nSPS) is 11.7. The van der Waals surface area contributed by atoms with Crippen molar-refractivity contribution in [3.8, 4) is 22.9 Å². The highest BCUT2D eigenvalue weighted by atomic mass is 79.9. The predicted octanol–water partition coefficient (Wildman–Crippen LogP) is 5.42. The molecule has 0 saturated carbocycles. The Morgan fingerprint density at radius 2 is 1.78 bits per heavy atom. The van der Waals surface area contributed by atoms with E-state index in [1.807, 2.05) is 6.07 Å². The molecule has 3 aromatic carbocycles. The molecule has 0 fully saturated rings. The molecule has 8 nitrogen and oxygen atoms in total. The van der Waals surface area contributed by atoms with Gasteiger partial charge in [-0.2, -0.15) is 0 Å². The molecule has 1 atom stereocenters. The third kappa shape index (κ3) is 5.42. The van der Waals surface area contributed by atoms with E-state index in [1.165, 1.54) is 23.7 Å². The zero-order valence-electron chi connectivity index (χ0n) is 20.7. The smallest absolute Gasteiger partial charge is 0.266 e. The average molecular weight is 587 g/mol. The summed E-state index contributed by atoms with van der Waals surface area (Å²) in [6, 6.07) is 16.7. The van der Waals surface area contributed by atoms with Gasteiger partial charge in [-0.05, 0) is 59.3 Å². The molecule has 1 heterocycles. The van der Waals surface area contributed by atoms with E-state index < -0.39 is 6.04 Å². The Hall–Kier alpha value is -3.56. The van der Waals surface area contributed by atoms with Crippen molar-refractivity contribution in [2.45, 2.75) is 13.0 Å². The highest BCUT2D eigenvalue weighted by Crippen LogP contribution is 2.36. The summed E-state index contributed by atoms with van der Waals surface area (Å²) in [7, 11) is 4.71. The van der Waals surface area contributed by atoms with Crippen molar-refractivity contribution < 1.29 is 19.0 Å². The van der Waals surface area contributed by atoms with Gasteiger partial charge < -0.3 is 19.1 Å². The SMILES string of the molecule is COc1cc(OC)c(Br)c(-n2c(C(C)N(C)C(=O)COc3ccc(Cl)cc3)nc3ccccc3c2=O)c1. The van der Waals surface area contributed by atoms with Crippen molar-refractivity contribution in [1.29, 1.82) is 0 Å². The van der Waals surface area contributed by atoms with Crippen LogP contribution >= 0.6 is 27.5 Å². The van der Waals surface area contributed by atoms with Crippen LogP contribution in [0.15, 0.2) is 69.9 Å². The Morgan fingerprint density at radius 1 is 1.08 bits per heavy atom. The van der Waals surface area contributed by atoms with Gasteiger partial charge in [0, 0.05) is 24.2 Å². The summed E-state index contributed by atoms with van der Waals surface area (Å²) in [5, 5.41) is 1.01. The van der Waals surface area contributed by atoms with Crippen molar-refractivity contribution in [2.75, 3.05) is 27.9 Å². The van der Waals surface area contributed by atoms with E-state index in [9.17, 15) is 9.59 Å². The van der Waals surface area contributed by atoms with Crippen LogP contribution in [0, 0.1) is 0 Å². The second kappa shape index (κ2) is 11.2. The predicted molar refractivity (Wildman–Crippen MR) is 146 cm³/mol. The molecule has 1 unspecified atom stereocenters. The van der Waals surface area contributed by atoms with Crippen molar-refractivity contribution in [1.82, 2.24) is 14.5 Å². The van der Waals surface area contributed by atoms with Gasteiger partial charge in [0.15, 0.2) is 6.61 Å². The molecular formula is C27H25BrClN3O5. The molecule has 4 aromatic rings. The lowest BCUT2D eigenvalue weighted by Crippen LogP contribution is -2.37. The maximum atomic E-state index is 13.8. The monoisotopic (exact) mass is 585 g/mol. The van der Waals surface area contributed by atoms with Gasteiger partial charge >= 0.3 is 0 Å². The van der Waals surface area contributed by atoms with E-state index in [2.05, 4.69) is 15.9 Å². The maximum absolute atomic E-state index is 13.8. The molecule has 0 radical (unpaired) electrons. The third-order valence-electron chi connectivity index (χ3n) is 6.02. The van der Waals surface area contributed by atoms with Crippen LogP contribution in [0.4, 0.5) is 0 Å². The number of hydrogen-bond donors (Lipinski definition) is 0. The minimum Gasteiger partial charge on any atom is -0.497 e. The molecule has 192 valence electrons. The number of halogens is 2. The number of nitrogens with zero attached hydrogens (tertiary/aromatic N) is 3. The number of carbonyl (C=O) groups is 1. The Labute approximate surface area is 227 Å². The van der Waals surface area contributed by atoms with Gasteiger partial charge in [0.2, 0.25) is 0 Å². The first-order valence-electron chi connectivity index (χ1n) is 11.3. The van der Waals surface area contributed by atoms with Crippen LogP contribution in [0.1, 0.15) is 18.8 Å². The summed E-state index contributed by atoms with van der Waals surface area (Å²) in [5.74, 6) is 1.57. The minimum absolute atomic E-state index is 0.197. The van der Waals surface area contributed by atoms with Crippen molar-refractivity contribution >= 4 is 44.3 Å². The molecule has 0 aliphatic rings. The van der Waals surface area contributed by atoms with Gasteiger partial charge in [-0.3, -0.25) is 14.2 Å². The minimum atomic E-state index is -0.595. The van der Waals surface area contributed by atoms with E-state index in [0.29, 0.717) is 49.2 Å². The lowest BCUT2D eigenvalue weighted by Gasteiger charge is -2.27. The molecule has 1 aromatic heterocycles. The Bertz CT molecular complexity index is 1510. The number of ether oxygens (including phenoxy) is 3. The highest BCUT2D eigenvalue weighted by Gasteiger charge is 2.26. The Kier molecular flexibility index (Phi) is 8.04. The zero-order chi connectivity index (χ0) is 26.7. The average Bonchev–Trinajstić information content (AvgIpc) is 2.92. The van der Waals surface area contributed by atoms with Gasteiger partial charge in [-0.1, -0.05) is 23.7 Å². The third-order valence-corrected chi connectivity index (χ3v) is 7.06. The van der Waals surface area contributed by atoms with Crippen LogP contribution < -0.4 is 19.8 Å². The zero-order valence-corrected chi connectivity index (χ0v) is 23.0. The number of rotatable bonds is 8. The first-order valence-corrected chi connectivity index (χ1v) is 12.5. The topological polar surface area (TPSA) is 82.9 Å². The number of amides is 1. The van der Waals surface area contributed by atoms with Gasteiger partial charge in [-0.25, -0.2) is 4.98 Å². The highest BCUT2D eigenvalue weighted by molar-refractivity contribution is 9.10. The van der Waals surface area contributed by atoms with E-state index in [4.69, 9.17) is 30.8 Å². The number of hydrogen-bond acceptors (Lipinski definition) is 6. The molecule has 0 N–H and O–H groups in total. The molecular weight excluding hydrogens is 562 g/mol. The van der Waals surface area contributed by atoms with Crippen molar-refractivity contribution in [2.24, 2.45) is 0 Å². The fraction of sp³-hybridized carbons (Fsp3) is 0.222. The fourth-order valence-corrected chi connectivity index (χ4v) is 4.51. The Morgan fingerprint density at radius 3 is 2.46 bits per heavy atom. The number of carbonyl (C=O) groups excluding carboxylic acids is 1. The second-order valence-corrected chi connectivity index (χ2v) is 9.44. The summed E-state index contributed by atoms with van der Waals surface area (Å²) in [6.07, 6.45) is 0. The molecule has 0 spiro atoms. The standard InChI is InChI=1S/C27H25BrClN3O5/c1-16(31(2)24(33)15-37-18-11-9-17(29)10-12-18)26-30-21-8-6-5-7-20(21)27(34)32(26)22-13-19(35-3)14-23(36-4)25(22)28/h5-14,16H,15H2,1-4H3. The van der Waals surface area contributed by atoms with Crippen LogP contribution in [0.3, 0.4) is 0 Å². The molecule has 1 amide bonds. The molecule has 0 aliphatic carbocycles. The van der Waals surface area contributed by atoms with E-state index in [0.717, 1.165) is 0 Å². The first-order chi connectivity index (χ1) is 17.7. The fourth-order valence-electron chi connectivity index (χ4n) is 3.82. The molecule has 10 heteroatoms. The molecule has 0 saturated heterocycles. The number of para-hydroxylation sites is 1. The van der Waals surface area contributed by atoms with Crippen LogP contribution in [-0.2, 0) is 4.79 Å². The van der Waals surface area contributed by atoms with E-state index >= 15 is 0 Å². The maximum Gasteiger partial charge on any atom is 0.266 e. The van der Waals surface area contributed by atoms with Crippen LogP contribution in [0.5, 0.6) is 17.2 Å². The number of methoxy groups -OCH3 is 2. The summed E-state index contributed by atoms with van der Waals surface area (Å²) < 4.78 is 18.6. The number of fused-ring (bicyclic) bond motifs is 1. The quantitative estimate of drug-likeness (QED) is 0.274. The largest absolute Gasteiger partial charge is 0.497 e. The molecule has 37 heavy (non-hydrogen) atoms. The molecule has 0 aliphatic heterocycles. The van der Waals surface area contributed by atoms with Crippen LogP contribution in [-0.4, -0.2) is 48.2 Å². The molecule has 4 rings (SSSR count). The molecule has 0 bridgehead atoms. The summed E-state index contributed by atoms with van der Waals surface area (Å²) >= 11 is 9.49. The van der Waals surface area contributed by atoms with Gasteiger partial charge in [0.25, 0.3) is 11.5 Å². The van der Waals surface area contributed by atoms with Crippen molar-refractivity contribution in [3.63, 3.8) is 0 Å². The summed E-state index contributed by atoms with van der Waals surface area (Å²) in [6.45, 7) is 1.61. The lowest BCUT2D eigenvalue weighted by molar-refractivity contribution is -0.134. The number of benzene rings is 3. The summed E-state index contributed by atoms with van der Waals surface area (Å²) in [4.78, 5) is 33.2. The lowest BCUT2D eigenvalue weighted by atomic mass is 10.2. The van der Waals surface area contributed by atoms with Gasteiger partial charge in [0.05, 0.1) is 41.3 Å². The van der Waals surface area contributed by atoms with Crippen molar-refractivity contribution in [3.05, 3.63) is 86.3 Å². The first kappa shape index (κ1) is 26.5. The number of likely N-dealkylation sites (N-methyl/N-ethyl adjacent to an activating group) is 1. The van der Waals surface area contributed by atoms with Gasteiger partial charge in [-0.15, -0.1) is 0 Å². The van der Waals surface area contributed by atoms with E-state index in [-0.39, 0.29) is 18.1 Å².